The van der Waals surface area contributed by atoms with Crippen LogP contribution in [0.4, 0.5) is 0 Å². The zero-order chi connectivity index (χ0) is 13.9. The molecule has 0 atom stereocenters. The molecule has 0 aliphatic heterocycles. The van der Waals surface area contributed by atoms with E-state index in [1.165, 1.54) is 41.2 Å². The summed E-state index contributed by atoms with van der Waals surface area (Å²) in [4.78, 5) is 0. The van der Waals surface area contributed by atoms with Gasteiger partial charge in [-0.1, -0.05) is 31.4 Å². The van der Waals surface area contributed by atoms with Gasteiger partial charge in [-0.25, -0.2) is 0 Å². The first-order chi connectivity index (χ1) is 8.96. The normalized spacial score (nSPS) is 17.6. The number of hydrogen-bond acceptors (Lipinski definition) is 3. The minimum Gasteiger partial charge on any atom is -0.265 e. The van der Waals surface area contributed by atoms with Crippen molar-refractivity contribution in [2.75, 3.05) is 6.26 Å². The van der Waals surface area contributed by atoms with E-state index >= 15 is 0 Å². The quantitative estimate of drug-likeness (QED) is 0.576. The van der Waals surface area contributed by atoms with Crippen LogP contribution in [0.25, 0.3) is 0 Å². The van der Waals surface area contributed by atoms with E-state index in [4.69, 9.17) is 4.18 Å². The first-order valence-corrected chi connectivity index (χ1v) is 9.48. The van der Waals surface area contributed by atoms with E-state index in [0.29, 0.717) is 5.92 Å². The van der Waals surface area contributed by atoms with Crippen LogP contribution in [-0.4, -0.2) is 14.7 Å². The van der Waals surface area contributed by atoms with E-state index < -0.39 is 10.1 Å². The van der Waals surface area contributed by atoms with Crippen molar-refractivity contribution < 1.29 is 12.6 Å². The summed E-state index contributed by atoms with van der Waals surface area (Å²) in [5.41, 5.74) is 2.32. The predicted molar refractivity (Wildman–Crippen MR) is 84.6 cm³/mol. The monoisotopic (exact) mass is 394 g/mol. The Hall–Kier alpha value is -0.140. The van der Waals surface area contributed by atoms with Crippen LogP contribution >= 0.6 is 22.6 Å². The largest absolute Gasteiger partial charge is 0.265 e. The highest BCUT2D eigenvalue weighted by molar-refractivity contribution is 14.1. The standard InChI is InChI=1S/C14H19IO3S/c1-19(16,17)18-10-11-7-8-13(14(15)9-11)12-5-3-2-4-6-12/h7-9,12H,2-6,10H2,1H3. The van der Waals surface area contributed by atoms with Crippen LogP contribution in [0.3, 0.4) is 0 Å². The Morgan fingerprint density at radius 1 is 1.26 bits per heavy atom. The molecule has 0 spiro atoms. The highest BCUT2D eigenvalue weighted by Crippen LogP contribution is 2.35. The third-order valence-corrected chi connectivity index (χ3v) is 5.03. The van der Waals surface area contributed by atoms with Crippen molar-refractivity contribution in [3.8, 4) is 0 Å². The third-order valence-electron chi connectivity index (χ3n) is 3.55. The molecule has 0 amide bonds. The smallest absolute Gasteiger partial charge is 0.264 e. The fourth-order valence-electron chi connectivity index (χ4n) is 2.58. The van der Waals surface area contributed by atoms with Crippen molar-refractivity contribution in [3.63, 3.8) is 0 Å². The highest BCUT2D eigenvalue weighted by atomic mass is 127. The van der Waals surface area contributed by atoms with Gasteiger partial charge in [-0.15, -0.1) is 0 Å². The lowest BCUT2D eigenvalue weighted by molar-refractivity contribution is 0.311. The lowest BCUT2D eigenvalue weighted by Gasteiger charge is -2.23. The van der Waals surface area contributed by atoms with Crippen molar-refractivity contribution in [2.45, 2.75) is 44.6 Å². The molecule has 0 heterocycles. The Labute approximate surface area is 129 Å². The molecular formula is C14H19IO3S. The minimum atomic E-state index is -3.37. The van der Waals surface area contributed by atoms with Crippen LogP contribution in [-0.2, 0) is 20.9 Å². The summed E-state index contributed by atoms with van der Waals surface area (Å²) in [6.07, 6.45) is 7.62. The SMILES string of the molecule is CS(=O)(=O)OCc1ccc(C2CCCCC2)c(I)c1. The molecule has 1 fully saturated rings. The van der Waals surface area contributed by atoms with E-state index in [2.05, 4.69) is 28.7 Å². The zero-order valence-corrected chi connectivity index (χ0v) is 14.0. The molecule has 1 aromatic rings. The number of hydrogen-bond donors (Lipinski definition) is 0. The molecular weight excluding hydrogens is 375 g/mol. The van der Waals surface area contributed by atoms with E-state index in [-0.39, 0.29) is 6.61 Å². The second-order valence-electron chi connectivity index (χ2n) is 5.16. The van der Waals surface area contributed by atoms with Crippen molar-refractivity contribution in [2.24, 2.45) is 0 Å². The van der Waals surface area contributed by atoms with Crippen molar-refractivity contribution in [1.29, 1.82) is 0 Å². The topological polar surface area (TPSA) is 43.4 Å². The van der Waals surface area contributed by atoms with Crippen molar-refractivity contribution >= 4 is 32.7 Å². The molecule has 1 aliphatic carbocycles. The number of halogens is 1. The second kappa shape index (κ2) is 6.54. The van der Waals surface area contributed by atoms with E-state index in [9.17, 15) is 8.42 Å². The van der Waals surface area contributed by atoms with Gasteiger partial charge in [0.2, 0.25) is 0 Å². The Morgan fingerprint density at radius 3 is 2.53 bits per heavy atom. The molecule has 5 heteroatoms. The average Bonchev–Trinajstić information content (AvgIpc) is 2.37. The minimum absolute atomic E-state index is 0.125. The number of rotatable bonds is 4. The maximum atomic E-state index is 11.0. The van der Waals surface area contributed by atoms with Crippen molar-refractivity contribution in [1.82, 2.24) is 0 Å². The summed E-state index contributed by atoms with van der Waals surface area (Å²) in [6.45, 7) is 0.125. The van der Waals surface area contributed by atoms with Crippen LogP contribution in [0.2, 0.25) is 0 Å². The summed E-state index contributed by atoms with van der Waals surface area (Å²) < 4.78 is 28.0. The predicted octanol–water partition coefficient (Wildman–Crippen LogP) is 3.82. The lowest BCUT2D eigenvalue weighted by Crippen LogP contribution is -2.07. The summed E-state index contributed by atoms with van der Waals surface area (Å²) in [7, 11) is -3.37. The molecule has 0 aromatic heterocycles. The second-order valence-corrected chi connectivity index (χ2v) is 7.96. The average molecular weight is 394 g/mol. The van der Waals surface area contributed by atoms with Gasteiger partial charge in [0.1, 0.15) is 0 Å². The van der Waals surface area contributed by atoms with Crippen LogP contribution in [0.15, 0.2) is 18.2 Å². The molecule has 1 aromatic carbocycles. The molecule has 0 unspecified atom stereocenters. The highest BCUT2D eigenvalue weighted by Gasteiger charge is 2.18. The number of benzene rings is 1. The molecule has 0 radical (unpaired) electrons. The molecule has 0 saturated heterocycles. The summed E-state index contributed by atoms with van der Waals surface area (Å²) >= 11 is 2.34. The van der Waals surface area contributed by atoms with E-state index in [1.54, 1.807) is 0 Å². The molecule has 19 heavy (non-hydrogen) atoms. The van der Waals surface area contributed by atoms with Gasteiger partial charge in [0.25, 0.3) is 10.1 Å². The maximum absolute atomic E-state index is 11.0. The molecule has 0 bridgehead atoms. The summed E-state index contributed by atoms with van der Waals surface area (Å²) in [5, 5.41) is 0. The fraction of sp³-hybridized carbons (Fsp3) is 0.571. The Bertz CT molecular complexity index is 534. The van der Waals surface area contributed by atoms with Gasteiger partial charge < -0.3 is 0 Å². The summed E-state index contributed by atoms with van der Waals surface area (Å²) in [5.74, 6) is 0.672. The Balaban J connectivity index is 2.08. The van der Waals surface area contributed by atoms with Crippen LogP contribution in [0, 0.1) is 3.57 Å². The molecule has 1 saturated carbocycles. The molecule has 0 N–H and O–H groups in total. The summed E-state index contributed by atoms with van der Waals surface area (Å²) in [6, 6.07) is 6.16. The van der Waals surface area contributed by atoms with Gasteiger partial charge >= 0.3 is 0 Å². The van der Waals surface area contributed by atoms with Crippen molar-refractivity contribution in [3.05, 3.63) is 32.9 Å². The van der Waals surface area contributed by atoms with E-state index in [0.717, 1.165) is 11.8 Å². The molecule has 1 aliphatic rings. The first-order valence-electron chi connectivity index (χ1n) is 6.58. The van der Waals surface area contributed by atoms with Gasteiger partial charge in [0, 0.05) is 3.57 Å². The molecule has 106 valence electrons. The van der Waals surface area contributed by atoms with Gasteiger partial charge in [0.15, 0.2) is 0 Å². The van der Waals surface area contributed by atoms with E-state index in [1.807, 2.05) is 12.1 Å². The Morgan fingerprint density at radius 2 is 1.95 bits per heavy atom. The molecule has 2 rings (SSSR count). The van der Waals surface area contributed by atoms with Gasteiger partial charge in [-0.3, -0.25) is 4.18 Å². The maximum Gasteiger partial charge on any atom is 0.264 e. The van der Waals surface area contributed by atoms with Gasteiger partial charge in [-0.05, 0) is 58.5 Å². The van der Waals surface area contributed by atoms with Crippen LogP contribution in [0.5, 0.6) is 0 Å². The zero-order valence-electron chi connectivity index (χ0n) is 11.1. The first kappa shape index (κ1) is 15.3. The van der Waals surface area contributed by atoms with Crippen LogP contribution < -0.4 is 0 Å². The molecule has 3 nitrogen and oxygen atoms in total. The fourth-order valence-corrected chi connectivity index (χ4v) is 3.95. The van der Waals surface area contributed by atoms with Crippen LogP contribution in [0.1, 0.15) is 49.1 Å². The third kappa shape index (κ3) is 4.72. The Kier molecular flexibility index (Phi) is 5.25. The van der Waals surface area contributed by atoms with Gasteiger partial charge in [-0.2, -0.15) is 8.42 Å². The lowest BCUT2D eigenvalue weighted by atomic mass is 9.84. The van der Waals surface area contributed by atoms with Gasteiger partial charge in [0.05, 0.1) is 12.9 Å².